The summed E-state index contributed by atoms with van der Waals surface area (Å²) >= 11 is 1.58. The maximum atomic E-state index is 12.0. The molecule has 1 aromatic rings. The number of rotatable bonds is 6. The summed E-state index contributed by atoms with van der Waals surface area (Å²) in [5, 5.41) is 17.9. The van der Waals surface area contributed by atoms with Gasteiger partial charge in [-0.05, 0) is 31.6 Å². The van der Waals surface area contributed by atoms with Crippen molar-refractivity contribution < 1.29 is 9.90 Å². The van der Waals surface area contributed by atoms with E-state index in [1.54, 1.807) is 17.5 Å². The fourth-order valence-corrected chi connectivity index (χ4v) is 2.67. The zero-order valence-electron chi connectivity index (χ0n) is 11.3. The summed E-state index contributed by atoms with van der Waals surface area (Å²) in [7, 11) is 0. The normalized spacial score (nSPS) is 19.5. The third kappa shape index (κ3) is 3.91. The minimum Gasteiger partial charge on any atom is -0.396 e. The number of carbonyl (C=O) groups is 1. The Bertz CT molecular complexity index is 406. The number of nitrogens with zero attached hydrogens (tertiary/aromatic N) is 1. The van der Waals surface area contributed by atoms with Crippen molar-refractivity contribution in [1.82, 2.24) is 15.6 Å². The van der Waals surface area contributed by atoms with Crippen LogP contribution in [0.15, 0.2) is 11.6 Å². The SMILES string of the molecule is CC(CO)C(C)NC(=O)NC(c1nccs1)C1CC1. The highest BCUT2D eigenvalue weighted by atomic mass is 32.1. The molecule has 0 saturated heterocycles. The van der Waals surface area contributed by atoms with E-state index in [0.717, 1.165) is 17.8 Å². The Balaban J connectivity index is 1.89. The number of aliphatic hydroxyl groups excluding tert-OH is 1. The van der Waals surface area contributed by atoms with Crippen molar-refractivity contribution in [2.24, 2.45) is 11.8 Å². The van der Waals surface area contributed by atoms with Crippen molar-refractivity contribution in [3.05, 3.63) is 16.6 Å². The molecule has 1 saturated carbocycles. The van der Waals surface area contributed by atoms with Gasteiger partial charge in [0.15, 0.2) is 0 Å². The number of hydrogen-bond donors (Lipinski definition) is 3. The molecular formula is C13H21N3O2S. The molecule has 0 radical (unpaired) electrons. The second-order valence-electron chi connectivity index (χ2n) is 5.25. The second-order valence-corrected chi connectivity index (χ2v) is 6.18. The molecule has 3 atom stereocenters. The zero-order valence-corrected chi connectivity index (χ0v) is 12.1. The van der Waals surface area contributed by atoms with Crippen molar-refractivity contribution in [3.63, 3.8) is 0 Å². The third-order valence-electron chi connectivity index (χ3n) is 3.60. The average Bonchev–Trinajstić information content (AvgIpc) is 3.09. The van der Waals surface area contributed by atoms with Gasteiger partial charge in [0, 0.05) is 24.2 Å². The van der Waals surface area contributed by atoms with E-state index in [2.05, 4.69) is 15.6 Å². The van der Waals surface area contributed by atoms with Gasteiger partial charge in [-0.25, -0.2) is 9.78 Å². The topological polar surface area (TPSA) is 74.2 Å². The lowest BCUT2D eigenvalue weighted by atomic mass is 10.1. The molecule has 0 aromatic carbocycles. The van der Waals surface area contributed by atoms with Crippen LogP contribution in [-0.4, -0.2) is 28.8 Å². The van der Waals surface area contributed by atoms with E-state index in [-0.39, 0.29) is 30.6 Å². The van der Waals surface area contributed by atoms with Crippen LogP contribution in [0.5, 0.6) is 0 Å². The lowest BCUT2D eigenvalue weighted by molar-refractivity contribution is 0.198. The summed E-state index contributed by atoms with van der Waals surface area (Å²) in [6.45, 7) is 3.88. The van der Waals surface area contributed by atoms with Gasteiger partial charge >= 0.3 is 6.03 Å². The third-order valence-corrected chi connectivity index (χ3v) is 4.46. The van der Waals surface area contributed by atoms with Crippen LogP contribution >= 0.6 is 11.3 Å². The first-order valence-corrected chi connectivity index (χ1v) is 7.57. The molecular weight excluding hydrogens is 262 g/mol. The van der Waals surface area contributed by atoms with Gasteiger partial charge in [0.2, 0.25) is 0 Å². The molecule has 5 nitrogen and oxygen atoms in total. The quantitative estimate of drug-likeness (QED) is 0.746. The molecule has 2 rings (SSSR count). The molecule has 0 aliphatic heterocycles. The first kappa shape index (κ1) is 14.3. The molecule has 0 bridgehead atoms. The van der Waals surface area contributed by atoms with Gasteiger partial charge in [0.1, 0.15) is 5.01 Å². The lowest BCUT2D eigenvalue weighted by Crippen LogP contribution is -2.45. The van der Waals surface area contributed by atoms with Crippen molar-refractivity contribution >= 4 is 17.4 Å². The van der Waals surface area contributed by atoms with E-state index < -0.39 is 0 Å². The number of aromatic nitrogens is 1. The standard InChI is InChI=1S/C13H21N3O2S/c1-8(7-17)9(2)15-13(18)16-11(10-3-4-10)12-14-5-6-19-12/h5-6,8-11,17H,3-4,7H2,1-2H3,(H2,15,16,18). The Hall–Kier alpha value is -1.14. The fourth-order valence-electron chi connectivity index (χ4n) is 1.89. The minimum atomic E-state index is -0.181. The first-order chi connectivity index (χ1) is 9.11. The molecule has 3 unspecified atom stereocenters. The Morgan fingerprint density at radius 3 is 2.79 bits per heavy atom. The molecule has 2 amide bonds. The maximum absolute atomic E-state index is 12.0. The average molecular weight is 283 g/mol. The van der Waals surface area contributed by atoms with E-state index in [4.69, 9.17) is 5.11 Å². The Morgan fingerprint density at radius 2 is 2.26 bits per heavy atom. The highest BCUT2D eigenvalue weighted by Crippen LogP contribution is 2.41. The molecule has 0 spiro atoms. The number of aliphatic hydroxyl groups is 1. The van der Waals surface area contributed by atoms with E-state index >= 15 is 0 Å². The number of carbonyl (C=O) groups excluding carboxylic acids is 1. The van der Waals surface area contributed by atoms with Gasteiger partial charge in [-0.3, -0.25) is 0 Å². The largest absolute Gasteiger partial charge is 0.396 e. The summed E-state index contributed by atoms with van der Waals surface area (Å²) in [4.78, 5) is 16.3. The second kappa shape index (κ2) is 6.34. The smallest absolute Gasteiger partial charge is 0.315 e. The van der Waals surface area contributed by atoms with Crippen LogP contribution in [0, 0.1) is 11.8 Å². The zero-order chi connectivity index (χ0) is 13.8. The van der Waals surface area contributed by atoms with Gasteiger partial charge in [0.25, 0.3) is 0 Å². The minimum absolute atomic E-state index is 0.0247. The highest BCUT2D eigenvalue weighted by Gasteiger charge is 2.35. The molecule has 19 heavy (non-hydrogen) atoms. The van der Waals surface area contributed by atoms with Crippen LogP contribution in [0.3, 0.4) is 0 Å². The summed E-state index contributed by atoms with van der Waals surface area (Å²) in [5.41, 5.74) is 0. The van der Waals surface area contributed by atoms with Gasteiger partial charge in [0.05, 0.1) is 6.04 Å². The van der Waals surface area contributed by atoms with Crippen molar-refractivity contribution in [1.29, 1.82) is 0 Å². The molecule has 1 heterocycles. The predicted molar refractivity (Wildman–Crippen MR) is 75.0 cm³/mol. The Morgan fingerprint density at radius 1 is 1.53 bits per heavy atom. The van der Waals surface area contributed by atoms with Crippen LogP contribution in [0.4, 0.5) is 4.79 Å². The van der Waals surface area contributed by atoms with Crippen LogP contribution < -0.4 is 10.6 Å². The number of hydrogen-bond acceptors (Lipinski definition) is 4. The molecule has 6 heteroatoms. The Kier molecular flexibility index (Phi) is 4.76. The van der Waals surface area contributed by atoms with E-state index in [1.165, 1.54) is 0 Å². The molecule has 1 aliphatic carbocycles. The first-order valence-electron chi connectivity index (χ1n) is 6.69. The van der Waals surface area contributed by atoms with E-state index in [0.29, 0.717) is 5.92 Å². The fraction of sp³-hybridized carbons (Fsp3) is 0.692. The molecule has 3 N–H and O–H groups in total. The number of amides is 2. The van der Waals surface area contributed by atoms with E-state index in [9.17, 15) is 4.79 Å². The number of urea groups is 1. The number of nitrogens with one attached hydrogen (secondary N) is 2. The summed E-state index contributed by atoms with van der Waals surface area (Å²) in [5.74, 6) is 0.562. The van der Waals surface area contributed by atoms with Gasteiger partial charge in [-0.2, -0.15) is 0 Å². The highest BCUT2D eigenvalue weighted by molar-refractivity contribution is 7.09. The summed E-state index contributed by atoms with van der Waals surface area (Å²) in [6.07, 6.45) is 4.06. The van der Waals surface area contributed by atoms with Gasteiger partial charge in [-0.15, -0.1) is 11.3 Å². The van der Waals surface area contributed by atoms with Crippen LogP contribution in [-0.2, 0) is 0 Å². The lowest BCUT2D eigenvalue weighted by Gasteiger charge is -2.22. The van der Waals surface area contributed by atoms with Crippen molar-refractivity contribution in [2.75, 3.05) is 6.61 Å². The van der Waals surface area contributed by atoms with Crippen LogP contribution in [0.1, 0.15) is 37.7 Å². The van der Waals surface area contributed by atoms with Gasteiger partial charge < -0.3 is 15.7 Å². The Labute approximate surface area is 117 Å². The van der Waals surface area contributed by atoms with Crippen LogP contribution in [0.2, 0.25) is 0 Å². The maximum Gasteiger partial charge on any atom is 0.315 e. The van der Waals surface area contributed by atoms with Crippen LogP contribution in [0.25, 0.3) is 0 Å². The predicted octanol–water partition coefficient (Wildman–Crippen LogP) is 1.91. The van der Waals surface area contributed by atoms with Gasteiger partial charge in [-0.1, -0.05) is 6.92 Å². The molecule has 1 aliphatic rings. The molecule has 106 valence electrons. The molecule has 1 fully saturated rings. The summed E-state index contributed by atoms with van der Waals surface area (Å²) < 4.78 is 0. The monoisotopic (exact) mass is 283 g/mol. The van der Waals surface area contributed by atoms with E-state index in [1.807, 2.05) is 19.2 Å². The molecule has 1 aromatic heterocycles. The number of thiazole rings is 1. The summed E-state index contributed by atoms with van der Waals surface area (Å²) in [6, 6.07) is -0.210. The van der Waals surface area contributed by atoms with Crippen molar-refractivity contribution in [2.45, 2.75) is 38.8 Å². The van der Waals surface area contributed by atoms with Crippen molar-refractivity contribution in [3.8, 4) is 0 Å².